The van der Waals surface area contributed by atoms with E-state index in [1.807, 2.05) is 25.1 Å². The van der Waals surface area contributed by atoms with Crippen molar-refractivity contribution in [1.82, 2.24) is 0 Å². The van der Waals surface area contributed by atoms with Gasteiger partial charge in [-0.2, -0.15) is 8.42 Å². The second-order valence-electron chi connectivity index (χ2n) is 5.34. The number of carbonyl (C=O) groups excluding carboxylic acids is 1. The molecule has 0 heterocycles. The zero-order valence-electron chi connectivity index (χ0n) is 13.5. The van der Waals surface area contributed by atoms with E-state index in [-0.39, 0.29) is 5.78 Å². The molecule has 2 aromatic carbocycles. The van der Waals surface area contributed by atoms with Crippen molar-refractivity contribution in [2.45, 2.75) is 11.8 Å². The van der Waals surface area contributed by atoms with Gasteiger partial charge in [0.1, 0.15) is 0 Å². The molecule has 2 N–H and O–H groups in total. The molecule has 0 radical (unpaired) electrons. The molecule has 0 bridgehead atoms. The van der Waals surface area contributed by atoms with E-state index in [9.17, 15) is 13.2 Å². The maximum absolute atomic E-state index is 11.3. The van der Waals surface area contributed by atoms with E-state index >= 15 is 0 Å². The second kappa shape index (κ2) is 7.25. The van der Waals surface area contributed by atoms with Gasteiger partial charge >= 0.3 is 9.15 Å². The van der Waals surface area contributed by atoms with Gasteiger partial charge in [-0.25, -0.2) is 0 Å². The van der Waals surface area contributed by atoms with Crippen molar-refractivity contribution < 1.29 is 17.8 Å². The molecule has 6 nitrogen and oxygen atoms in total. The summed E-state index contributed by atoms with van der Waals surface area (Å²) < 4.78 is 31.6. The van der Waals surface area contributed by atoms with Gasteiger partial charge in [-0.3, -0.25) is 9.35 Å². The van der Waals surface area contributed by atoms with Crippen molar-refractivity contribution >= 4 is 42.8 Å². The zero-order chi connectivity index (χ0) is 17.9. The number of anilines is 3. The van der Waals surface area contributed by atoms with Crippen LogP contribution in [0.25, 0.3) is 0 Å². The van der Waals surface area contributed by atoms with Gasteiger partial charge in [0.05, 0.1) is 10.6 Å². The van der Waals surface area contributed by atoms with Crippen LogP contribution in [0.2, 0.25) is 0 Å². The Hall–Kier alpha value is -2.03. The highest BCUT2D eigenvalue weighted by Gasteiger charge is 2.14. The Balaban J connectivity index is 2.35. The number of hydrogen-bond acceptors (Lipinski definition) is 6. The van der Waals surface area contributed by atoms with Gasteiger partial charge < -0.3 is 10.2 Å². The molecule has 0 aromatic heterocycles. The van der Waals surface area contributed by atoms with Gasteiger partial charge in [-0.15, -0.1) is 0 Å². The molecule has 128 valence electrons. The number of carbonyl (C=O) groups is 1. The molecule has 0 aliphatic heterocycles. The van der Waals surface area contributed by atoms with Gasteiger partial charge in [-0.1, -0.05) is 0 Å². The quantitative estimate of drug-likeness (QED) is 0.459. The third-order valence-electron chi connectivity index (χ3n) is 3.25. The van der Waals surface area contributed by atoms with Gasteiger partial charge in [-0.05, 0) is 49.4 Å². The molecule has 0 spiro atoms. The third-order valence-corrected chi connectivity index (χ3v) is 5.15. The van der Waals surface area contributed by atoms with Crippen LogP contribution >= 0.6 is 10.8 Å². The van der Waals surface area contributed by atoms with E-state index in [1.54, 1.807) is 36.4 Å². The highest BCUT2D eigenvalue weighted by Crippen LogP contribution is 2.35. The minimum absolute atomic E-state index is 0.0282. The molecule has 24 heavy (non-hydrogen) atoms. The number of hydrogen-bond donors (Lipinski definition) is 2. The van der Waals surface area contributed by atoms with E-state index in [0.29, 0.717) is 32.6 Å². The first-order chi connectivity index (χ1) is 11.2. The summed E-state index contributed by atoms with van der Waals surface area (Å²) in [7, 11) is -0.192. The maximum Gasteiger partial charge on any atom is 0.324 e. The van der Waals surface area contributed by atoms with Crippen molar-refractivity contribution in [3.8, 4) is 0 Å². The number of Topliss-reactive ketones (excluding diaryl/α,β-unsaturated/α-hetero) is 1. The highest BCUT2D eigenvalue weighted by molar-refractivity contribution is 8.70. The number of ketones is 1. The standard InChI is InChI=1S/C16H18N2O4S2/c1-11(19)12-4-6-13(7-5-12)17-15-9-8-14(18(2)3)10-16(15)23-24(20,21)22/h4-10,17H,1-3H3,(H,20,21,22). The van der Waals surface area contributed by atoms with Gasteiger partial charge in [0, 0.05) is 41.8 Å². The fraction of sp³-hybridized carbons (Fsp3) is 0.188. The third kappa shape index (κ3) is 4.98. The minimum Gasteiger partial charge on any atom is -0.378 e. The minimum atomic E-state index is -4.24. The summed E-state index contributed by atoms with van der Waals surface area (Å²) >= 11 is 0. The molecular weight excluding hydrogens is 348 g/mol. The van der Waals surface area contributed by atoms with E-state index in [0.717, 1.165) is 5.69 Å². The molecule has 0 atom stereocenters. The average molecular weight is 366 g/mol. The summed E-state index contributed by atoms with van der Waals surface area (Å²) in [6.45, 7) is 1.49. The molecule has 0 fully saturated rings. The fourth-order valence-electron chi connectivity index (χ4n) is 2.02. The van der Waals surface area contributed by atoms with E-state index in [1.165, 1.54) is 6.92 Å². The summed E-state index contributed by atoms with van der Waals surface area (Å²) in [5, 5.41) is 3.10. The van der Waals surface area contributed by atoms with Crippen LogP contribution in [0.4, 0.5) is 17.1 Å². The van der Waals surface area contributed by atoms with Crippen LogP contribution in [0.15, 0.2) is 47.4 Å². The SMILES string of the molecule is CC(=O)c1ccc(Nc2ccc(N(C)C)cc2SS(=O)(=O)O)cc1. The average Bonchev–Trinajstić information content (AvgIpc) is 2.48. The predicted octanol–water partition coefficient (Wildman–Crippen LogP) is 3.59. The van der Waals surface area contributed by atoms with Crippen LogP contribution in [0.3, 0.4) is 0 Å². The Kier molecular flexibility index (Phi) is 5.53. The van der Waals surface area contributed by atoms with Crippen LogP contribution in [0, 0.1) is 0 Å². The number of benzene rings is 2. The molecular formula is C16H18N2O4S2. The van der Waals surface area contributed by atoms with E-state index in [4.69, 9.17) is 4.55 Å². The smallest absolute Gasteiger partial charge is 0.324 e. The van der Waals surface area contributed by atoms with Gasteiger partial charge in [0.2, 0.25) is 0 Å². The summed E-state index contributed by atoms with van der Waals surface area (Å²) in [5.41, 5.74) is 2.64. The Labute approximate surface area is 145 Å². The highest BCUT2D eigenvalue weighted by atomic mass is 33.1. The first-order valence-corrected chi connectivity index (χ1v) is 9.79. The Morgan fingerprint density at radius 3 is 2.25 bits per heavy atom. The maximum atomic E-state index is 11.3. The van der Waals surface area contributed by atoms with E-state index in [2.05, 4.69) is 5.32 Å². The topological polar surface area (TPSA) is 86.7 Å². The molecule has 0 aliphatic rings. The molecule has 0 aliphatic carbocycles. The van der Waals surface area contributed by atoms with Crippen molar-refractivity contribution in [1.29, 1.82) is 0 Å². The van der Waals surface area contributed by atoms with Crippen molar-refractivity contribution in [3.05, 3.63) is 48.0 Å². The van der Waals surface area contributed by atoms with Crippen LogP contribution in [0.1, 0.15) is 17.3 Å². The van der Waals surface area contributed by atoms with E-state index < -0.39 is 9.15 Å². The first-order valence-electron chi connectivity index (χ1n) is 7.02. The summed E-state index contributed by atoms with van der Waals surface area (Å²) in [6, 6.07) is 12.1. The van der Waals surface area contributed by atoms with Crippen LogP contribution < -0.4 is 10.2 Å². The van der Waals surface area contributed by atoms with Crippen molar-refractivity contribution in [2.75, 3.05) is 24.3 Å². The lowest BCUT2D eigenvalue weighted by Crippen LogP contribution is -2.09. The Morgan fingerprint density at radius 2 is 1.75 bits per heavy atom. The molecule has 0 unspecified atom stereocenters. The number of nitrogens with zero attached hydrogens (tertiary/aromatic N) is 1. The first kappa shape index (κ1) is 18.3. The summed E-state index contributed by atoms with van der Waals surface area (Å²) in [5.74, 6) is -0.0282. The lowest BCUT2D eigenvalue weighted by molar-refractivity contribution is 0.101. The molecule has 2 rings (SSSR count). The van der Waals surface area contributed by atoms with Gasteiger partial charge in [0.15, 0.2) is 5.78 Å². The second-order valence-corrected chi connectivity index (χ2v) is 8.57. The monoisotopic (exact) mass is 366 g/mol. The molecule has 0 saturated heterocycles. The van der Waals surface area contributed by atoms with Crippen molar-refractivity contribution in [2.24, 2.45) is 0 Å². The fourth-order valence-corrected chi connectivity index (χ4v) is 3.72. The molecule has 0 amide bonds. The lowest BCUT2D eigenvalue weighted by atomic mass is 10.1. The predicted molar refractivity (Wildman–Crippen MR) is 97.9 cm³/mol. The largest absolute Gasteiger partial charge is 0.378 e. The van der Waals surface area contributed by atoms with Crippen LogP contribution in [0.5, 0.6) is 0 Å². The molecule has 0 saturated carbocycles. The van der Waals surface area contributed by atoms with Crippen LogP contribution in [-0.2, 0) is 9.15 Å². The Morgan fingerprint density at radius 1 is 1.12 bits per heavy atom. The Bertz CT molecular complexity index is 847. The number of nitrogens with one attached hydrogen (secondary N) is 1. The molecule has 8 heteroatoms. The van der Waals surface area contributed by atoms with Crippen LogP contribution in [-0.4, -0.2) is 32.8 Å². The normalized spacial score (nSPS) is 11.2. The van der Waals surface area contributed by atoms with Crippen molar-refractivity contribution in [3.63, 3.8) is 0 Å². The molecule has 2 aromatic rings. The lowest BCUT2D eigenvalue weighted by Gasteiger charge is -2.17. The van der Waals surface area contributed by atoms with Gasteiger partial charge in [0.25, 0.3) is 0 Å². The zero-order valence-corrected chi connectivity index (χ0v) is 15.1. The summed E-state index contributed by atoms with van der Waals surface area (Å²) in [4.78, 5) is 13.5. The summed E-state index contributed by atoms with van der Waals surface area (Å²) in [6.07, 6.45) is 0. The number of rotatable bonds is 6.